The predicted molar refractivity (Wildman–Crippen MR) is 80.6 cm³/mol. The van der Waals surface area contributed by atoms with Crippen LogP contribution in [0.25, 0.3) is 0 Å². The Balaban J connectivity index is 1.92. The fourth-order valence-corrected chi connectivity index (χ4v) is 1.89. The van der Waals surface area contributed by atoms with E-state index in [1.54, 1.807) is 12.4 Å². The van der Waals surface area contributed by atoms with Gasteiger partial charge in [0.1, 0.15) is 11.6 Å². The maximum absolute atomic E-state index is 13.5. The molecule has 1 N–H and O–H groups in total. The molecule has 0 unspecified atom stereocenters. The second kappa shape index (κ2) is 7.44. The van der Waals surface area contributed by atoms with Crippen molar-refractivity contribution in [3.8, 4) is 0 Å². The van der Waals surface area contributed by atoms with Crippen LogP contribution in [0.15, 0.2) is 42.7 Å². The molecule has 1 heterocycles. The zero-order chi connectivity index (χ0) is 16.8. The van der Waals surface area contributed by atoms with Gasteiger partial charge < -0.3 is 10.2 Å². The topological polar surface area (TPSA) is 62.3 Å². The maximum atomic E-state index is 13.5. The molecule has 2 rings (SSSR count). The molecule has 5 nitrogen and oxygen atoms in total. The third kappa shape index (κ3) is 4.57. The lowest BCUT2D eigenvalue weighted by molar-refractivity contribution is -0.142. The van der Waals surface area contributed by atoms with Crippen molar-refractivity contribution >= 4 is 17.5 Å². The van der Waals surface area contributed by atoms with E-state index in [-0.39, 0.29) is 5.69 Å². The van der Waals surface area contributed by atoms with Crippen LogP contribution in [-0.2, 0) is 16.0 Å². The van der Waals surface area contributed by atoms with Gasteiger partial charge in [-0.3, -0.25) is 14.6 Å². The molecule has 0 aliphatic carbocycles. The lowest BCUT2D eigenvalue weighted by atomic mass is 10.2. The number of amides is 2. The maximum Gasteiger partial charge on any atom is 0.313 e. The molecule has 7 heteroatoms. The molecule has 0 radical (unpaired) electrons. The van der Waals surface area contributed by atoms with Crippen LogP contribution in [-0.4, -0.2) is 35.3 Å². The molecular formula is C16H15F2N3O2. The summed E-state index contributed by atoms with van der Waals surface area (Å²) in [4.78, 5) is 28.9. The van der Waals surface area contributed by atoms with Gasteiger partial charge in [-0.05, 0) is 36.2 Å². The number of hydrogen-bond acceptors (Lipinski definition) is 3. The normalized spacial score (nSPS) is 10.2. The van der Waals surface area contributed by atoms with Crippen LogP contribution in [0.1, 0.15) is 5.56 Å². The molecule has 0 aliphatic rings. The zero-order valence-electron chi connectivity index (χ0n) is 12.4. The minimum Gasteiger partial charge on any atom is -0.337 e. The highest BCUT2D eigenvalue weighted by Crippen LogP contribution is 2.14. The Morgan fingerprint density at radius 2 is 1.87 bits per heavy atom. The molecule has 1 aromatic heterocycles. The van der Waals surface area contributed by atoms with Crippen molar-refractivity contribution in [2.24, 2.45) is 0 Å². The van der Waals surface area contributed by atoms with Gasteiger partial charge in [0, 0.05) is 32.1 Å². The van der Waals surface area contributed by atoms with E-state index in [2.05, 4.69) is 10.3 Å². The number of nitrogens with one attached hydrogen (secondary N) is 1. The largest absolute Gasteiger partial charge is 0.337 e. The number of anilines is 1. The molecule has 23 heavy (non-hydrogen) atoms. The molecule has 0 fully saturated rings. The van der Waals surface area contributed by atoms with Crippen LogP contribution in [0.3, 0.4) is 0 Å². The highest BCUT2D eigenvalue weighted by atomic mass is 19.1. The lowest BCUT2D eigenvalue weighted by Gasteiger charge is -2.16. The first kappa shape index (κ1) is 16.5. The summed E-state index contributed by atoms with van der Waals surface area (Å²) in [5.41, 5.74) is 0.733. The number of carbonyl (C=O) groups is 2. The van der Waals surface area contributed by atoms with Crippen molar-refractivity contribution in [2.75, 3.05) is 18.9 Å². The van der Waals surface area contributed by atoms with Gasteiger partial charge in [0.25, 0.3) is 0 Å². The van der Waals surface area contributed by atoms with E-state index in [0.29, 0.717) is 19.0 Å². The SMILES string of the molecule is CN(CCc1ccncc1)C(=O)C(=O)Nc1ccc(F)cc1F. The molecule has 0 spiro atoms. The fraction of sp³-hybridized carbons (Fsp3) is 0.188. The van der Waals surface area contributed by atoms with Crippen LogP contribution in [0.4, 0.5) is 14.5 Å². The third-order valence-corrected chi connectivity index (χ3v) is 3.21. The summed E-state index contributed by atoms with van der Waals surface area (Å²) in [5, 5.41) is 2.13. The van der Waals surface area contributed by atoms with E-state index in [0.717, 1.165) is 17.7 Å². The van der Waals surface area contributed by atoms with Crippen LogP contribution in [0.5, 0.6) is 0 Å². The van der Waals surface area contributed by atoms with Gasteiger partial charge in [-0.2, -0.15) is 0 Å². The molecule has 1 aromatic carbocycles. The summed E-state index contributed by atoms with van der Waals surface area (Å²) in [6.45, 7) is 0.322. The van der Waals surface area contributed by atoms with E-state index in [1.165, 1.54) is 11.9 Å². The summed E-state index contributed by atoms with van der Waals surface area (Å²) in [5.74, 6) is -3.48. The second-order valence-corrected chi connectivity index (χ2v) is 4.91. The number of rotatable bonds is 4. The number of aromatic nitrogens is 1. The number of hydrogen-bond donors (Lipinski definition) is 1. The smallest absolute Gasteiger partial charge is 0.313 e. The average Bonchev–Trinajstić information content (AvgIpc) is 2.55. The van der Waals surface area contributed by atoms with E-state index >= 15 is 0 Å². The Kier molecular flexibility index (Phi) is 5.35. The van der Waals surface area contributed by atoms with Gasteiger partial charge in [-0.1, -0.05) is 0 Å². The van der Waals surface area contributed by atoms with Crippen molar-refractivity contribution in [1.29, 1.82) is 0 Å². The van der Waals surface area contributed by atoms with Crippen molar-refractivity contribution < 1.29 is 18.4 Å². The minimum atomic E-state index is -0.979. The van der Waals surface area contributed by atoms with Gasteiger partial charge in [0.05, 0.1) is 5.69 Å². The Morgan fingerprint density at radius 1 is 1.17 bits per heavy atom. The number of benzene rings is 1. The highest BCUT2D eigenvalue weighted by Gasteiger charge is 2.19. The molecule has 120 valence electrons. The summed E-state index contributed by atoms with van der Waals surface area (Å²) >= 11 is 0. The first-order chi connectivity index (χ1) is 11.0. The van der Waals surface area contributed by atoms with Crippen LogP contribution < -0.4 is 5.32 Å². The van der Waals surface area contributed by atoms with Crippen LogP contribution in [0.2, 0.25) is 0 Å². The fourth-order valence-electron chi connectivity index (χ4n) is 1.89. The summed E-state index contributed by atoms with van der Waals surface area (Å²) in [6.07, 6.45) is 3.84. The molecule has 0 bridgehead atoms. The number of carbonyl (C=O) groups excluding carboxylic acids is 2. The van der Waals surface area contributed by atoms with E-state index in [9.17, 15) is 18.4 Å². The third-order valence-electron chi connectivity index (χ3n) is 3.21. The Bertz CT molecular complexity index is 708. The molecule has 2 amide bonds. The predicted octanol–water partition coefficient (Wildman–Crippen LogP) is 2.00. The van der Waals surface area contributed by atoms with E-state index in [1.807, 2.05) is 12.1 Å². The average molecular weight is 319 g/mol. The Hall–Kier alpha value is -2.83. The van der Waals surface area contributed by atoms with Crippen LogP contribution >= 0.6 is 0 Å². The van der Waals surface area contributed by atoms with Gasteiger partial charge in [0.15, 0.2) is 0 Å². The first-order valence-electron chi connectivity index (χ1n) is 6.88. The highest BCUT2D eigenvalue weighted by molar-refractivity contribution is 6.39. The first-order valence-corrected chi connectivity index (χ1v) is 6.88. The summed E-state index contributed by atoms with van der Waals surface area (Å²) in [7, 11) is 1.48. The monoisotopic (exact) mass is 319 g/mol. The van der Waals surface area contributed by atoms with Gasteiger partial charge >= 0.3 is 11.8 Å². The Labute approximate surface area is 131 Å². The van der Waals surface area contributed by atoms with Crippen LogP contribution in [0, 0.1) is 11.6 Å². The van der Waals surface area contributed by atoms with Crippen molar-refractivity contribution in [1.82, 2.24) is 9.88 Å². The number of likely N-dealkylation sites (N-methyl/N-ethyl adjacent to an activating group) is 1. The van der Waals surface area contributed by atoms with Gasteiger partial charge in [-0.15, -0.1) is 0 Å². The molecule has 2 aromatic rings. The van der Waals surface area contributed by atoms with Gasteiger partial charge in [0.2, 0.25) is 0 Å². The summed E-state index contributed by atoms with van der Waals surface area (Å²) in [6, 6.07) is 6.31. The lowest BCUT2D eigenvalue weighted by Crippen LogP contribution is -2.38. The van der Waals surface area contributed by atoms with E-state index < -0.39 is 23.4 Å². The molecule has 0 saturated heterocycles. The molecular weight excluding hydrogens is 304 g/mol. The van der Waals surface area contributed by atoms with Crippen molar-refractivity contribution in [3.63, 3.8) is 0 Å². The number of pyridine rings is 1. The quantitative estimate of drug-likeness (QED) is 0.877. The zero-order valence-corrected chi connectivity index (χ0v) is 12.4. The Morgan fingerprint density at radius 3 is 2.52 bits per heavy atom. The number of nitrogens with zero attached hydrogens (tertiary/aromatic N) is 2. The minimum absolute atomic E-state index is 0.243. The standard InChI is InChI=1S/C16H15F2N3O2/c1-21(9-6-11-4-7-19-8-5-11)16(23)15(22)20-14-3-2-12(17)10-13(14)18/h2-5,7-8,10H,6,9H2,1H3,(H,20,22). The molecule has 0 atom stereocenters. The summed E-state index contributed by atoms with van der Waals surface area (Å²) < 4.78 is 26.3. The number of halogens is 2. The molecule has 0 aliphatic heterocycles. The second-order valence-electron chi connectivity index (χ2n) is 4.91. The van der Waals surface area contributed by atoms with Crippen molar-refractivity contribution in [2.45, 2.75) is 6.42 Å². The van der Waals surface area contributed by atoms with E-state index in [4.69, 9.17) is 0 Å². The van der Waals surface area contributed by atoms with Crippen molar-refractivity contribution in [3.05, 3.63) is 59.9 Å². The molecule has 0 saturated carbocycles. The van der Waals surface area contributed by atoms with Gasteiger partial charge in [-0.25, -0.2) is 8.78 Å².